The Labute approximate surface area is 227 Å². The molecule has 204 valence electrons. The highest BCUT2D eigenvalue weighted by molar-refractivity contribution is 6.46. The lowest BCUT2D eigenvalue weighted by Crippen LogP contribution is -2.42. The number of ether oxygens (including phenoxy) is 3. The van der Waals surface area contributed by atoms with E-state index in [1.807, 2.05) is 37.3 Å². The number of carbonyl (C=O) groups is 2. The van der Waals surface area contributed by atoms with Crippen molar-refractivity contribution < 1.29 is 28.9 Å². The van der Waals surface area contributed by atoms with Crippen LogP contribution in [-0.4, -0.2) is 90.0 Å². The summed E-state index contributed by atoms with van der Waals surface area (Å²) in [4.78, 5) is 30.7. The third kappa shape index (κ3) is 5.00. The number of benzene rings is 2. The molecule has 10 nitrogen and oxygen atoms in total. The van der Waals surface area contributed by atoms with Gasteiger partial charge in [0.1, 0.15) is 17.3 Å². The first-order valence-corrected chi connectivity index (χ1v) is 12.9. The van der Waals surface area contributed by atoms with Gasteiger partial charge in [-0.05, 0) is 37.3 Å². The molecule has 3 aromatic rings. The zero-order valence-corrected chi connectivity index (χ0v) is 22.3. The topological polar surface area (TPSA) is 106 Å². The number of hydrogen-bond donors (Lipinski definition) is 1. The van der Waals surface area contributed by atoms with Gasteiger partial charge in [0.05, 0.1) is 62.2 Å². The van der Waals surface area contributed by atoms with Crippen molar-refractivity contribution in [2.24, 2.45) is 0 Å². The fourth-order valence-corrected chi connectivity index (χ4v) is 5.18. The molecular weight excluding hydrogens is 500 g/mol. The fraction of sp³-hybridized carbons (Fsp3) is 0.345. The number of nitrogens with zero attached hydrogens (tertiary/aromatic N) is 4. The van der Waals surface area contributed by atoms with Crippen LogP contribution in [-0.2, 0) is 14.3 Å². The van der Waals surface area contributed by atoms with Crippen LogP contribution >= 0.6 is 0 Å². The maximum absolute atomic E-state index is 13.6. The summed E-state index contributed by atoms with van der Waals surface area (Å²) in [6.07, 6.45) is 1.51. The molecule has 2 saturated heterocycles. The maximum atomic E-state index is 13.6. The van der Waals surface area contributed by atoms with Crippen molar-refractivity contribution in [1.29, 1.82) is 0 Å². The largest absolute Gasteiger partial charge is 0.507 e. The number of morpholine rings is 1. The molecule has 39 heavy (non-hydrogen) atoms. The molecule has 5 rings (SSSR count). The number of rotatable bonds is 8. The van der Waals surface area contributed by atoms with Crippen LogP contribution in [0.25, 0.3) is 11.4 Å². The van der Waals surface area contributed by atoms with Crippen LogP contribution in [0.4, 0.5) is 0 Å². The van der Waals surface area contributed by atoms with E-state index in [4.69, 9.17) is 14.2 Å². The molecule has 0 spiro atoms. The van der Waals surface area contributed by atoms with E-state index in [1.54, 1.807) is 30.0 Å². The van der Waals surface area contributed by atoms with E-state index in [2.05, 4.69) is 10.00 Å². The summed E-state index contributed by atoms with van der Waals surface area (Å²) in [5.41, 5.74) is 2.36. The van der Waals surface area contributed by atoms with Gasteiger partial charge in [0, 0.05) is 31.7 Å². The highest BCUT2D eigenvalue weighted by Crippen LogP contribution is 2.44. The molecule has 0 saturated carbocycles. The molecular formula is C29H32N4O6. The normalized spacial score (nSPS) is 19.5. The second kappa shape index (κ2) is 11.3. The first-order valence-electron chi connectivity index (χ1n) is 12.9. The maximum Gasteiger partial charge on any atom is 0.295 e. The van der Waals surface area contributed by atoms with E-state index in [-0.39, 0.29) is 17.9 Å². The van der Waals surface area contributed by atoms with Crippen molar-refractivity contribution in [2.45, 2.75) is 13.0 Å². The molecule has 10 heteroatoms. The predicted molar refractivity (Wildman–Crippen MR) is 144 cm³/mol. The van der Waals surface area contributed by atoms with Crippen molar-refractivity contribution in [3.63, 3.8) is 0 Å². The van der Waals surface area contributed by atoms with Crippen molar-refractivity contribution in [2.75, 3.05) is 53.6 Å². The molecule has 1 aromatic heterocycles. The average Bonchev–Trinajstić information content (AvgIpc) is 3.48. The number of aliphatic hydroxyl groups excluding tert-OH is 1. The van der Waals surface area contributed by atoms with E-state index < -0.39 is 17.7 Å². The molecule has 0 aliphatic carbocycles. The lowest BCUT2D eigenvalue weighted by Gasteiger charge is -2.31. The summed E-state index contributed by atoms with van der Waals surface area (Å²) in [6.45, 7) is 5.39. The lowest BCUT2D eigenvalue weighted by molar-refractivity contribution is -0.140. The van der Waals surface area contributed by atoms with Crippen molar-refractivity contribution in [3.8, 4) is 17.2 Å². The first-order chi connectivity index (χ1) is 18.9. The van der Waals surface area contributed by atoms with Gasteiger partial charge in [0.2, 0.25) is 0 Å². The van der Waals surface area contributed by atoms with Crippen LogP contribution in [0.5, 0.6) is 11.5 Å². The first kappa shape index (κ1) is 26.5. The lowest BCUT2D eigenvalue weighted by atomic mass is 9.94. The van der Waals surface area contributed by atoms with E-state index in [1.165, 1.54) is 18.2 Å². The molecule has 0 radical (unpaired) electrons. The number of amides is 1. The zero-order chi connectivity index (χ0) is 27.5. The van der Waals surface area contributed by atoms with Crippen LogP contribution in [0.2, 0.25) is 0 Å². The van der Waals surface area contributed by atoms with Crippen LogP contribution < -0.4 is 9.47 Å². The minimum atomic E-state index is -0.879. The number of carbonyl (C=O) groups excluding carboxylic acids is 2. The highest BCUT2D eigenvalue weighted by atomic mass is 16.5. The number of ketones is 1. The summed E-state index contributed by atoms with van der Waals surface area (Å²) in [5, 5.41) is 16.1. The third-order valence-corrected chi connectivity index (χ3v) is 7.30. The van der Waals surface area contributed by atoms with Gasteiger partial charge in [-0.1, -0.05) is 18.2 Å². The molecule has 1 atom stereocenters. The summed E-state index contributed by atoms with van der Waals surface area (Å²) in [5.74, 6) is -0.694. The Morgan fingerprint density at radius 3 is 2.49 bits per heavy atom. The van der Waals surface area contributed by atoms with Gasteiger partial charge in [-0.2, -0.15) is 5.10 Å². The minimum absolute atomic E-state index is 0.00996. The predicted octanol–water partition coefficient (Wildman–Crippen LogP) is 2.95. The van der Waals surface area contributed by atoms with Gasteiger partial charge < -0.3 is 24.2 Å². The summed E-state index contributed by atoms with van der Waals surface area (Å²) in [7, 11) is 3.07. The highest BCUT2D eigenvalue weighted by Gasteiger charge is 2.47. The Bertz CT molecular complexity index is 1390. The van der Waals surface area contributed by atoms with Crippen LogP contribution in [0.3, 0.4) is 0 Å². The number of aliphatic hydroxyl groups is 1. The molecule has 2 aliphatic heterocycles. The molecule has 3 heterocycles. The van der Waals surface area contributed by atoms with Gasteiger partial charge in [0.15, 0.2) is 0 Å². The van der Waals surface area contributed by atoms with Crippen LogP contribution in [0.15, 0.2) is 60.3 Å². The summed E-state index contributed by atoms with van der Waals surface area (Å²) < 4.78 is 18.2. The number of hydrogen-bond acceptors (Lipinski definition) is 8. The Balaban J connectivity index is 1.62. The molecule has 1 unspecified atom stereocenters. The average molecular weight is 533 g/mol. The Hall–Kier alpha value is -4.15. The number of para-hydroxylation sites is 1. The van der Waals surface area contributed by atoms with Crippen molar-refractivity contribution >= 4 is 17.4 Å². The second-order valence-electron chi connectivity index (χ2n) is 9.45. The third-order valence-electron chi connectivity index (χ3n) is 7.30. The molecule has 2 aliphatic rings. The van der Waals surface area contributed by atoms with Crippen LogP contribution in [0.1, 0.15) is 22.9 Å². The van der Waals surface area contributed by atoms with E-state index in [0.29, 0.717) is 48.1 Å². The van der Waals surface area contributed by atoms with Crippen molar-refractivity contribution in [1.82, 2.24) is 19.6 Å². The molecule has 0 bridgehead atoms. The van der Waals surface area contributed by atoms with Gasteiger partial charge in [-0.3, -0.25) is 14.5 Å². The monoisotopic (exact) mass is 532 g/mol. The van der Waals surface area contributed by atoms with Gasteiger partial charge in [-0.15, -0.1) is 0 Å². The smallest absolute Gasteiger partial charge is 0.295 e. The summed E-state index contributed by atoms with van der Waals surface area (Å²) in [6, 6.07) is 13.8. The Kier molecular flexibility index (Phi) is 7.67. The molecule has 1 amide bonds. The number of Topliss-reactive ketones (excluding diaryl/α,β-unsaturated/α-hetero) is 1. The standard InChI is InChI=1S/C29H32N4O6/c1-19-23(18-30-33(19)20-7-5-4-6-8-20)27(34)25-26(22-17-21(37-2)9-10-24(22)38-3)32(29(36)28(25)35)12-11-31-13-15-39-16-14-31/h4-10,17-18,26,34H,11-16H2,1-3H3/b27-25+. The molecule has 1 N–H and O–H groups in total. The quantitative estimate of drug-likeness (QED) is 0.268. The van der Waals surface area contributed by atoms with Gasteiger partial charge >= 0.3 is 0 Å². The number of aromatic nitrogens is 2. The fourth-order valence-electron chi connectivity index (χ4n) is 5.18. The minimum Gasteiger partial charge on any atom is -0.507 e. The van der Waals surface area contributed by atoms with E-state index >= 15 is 0 Å². The van der Waals surface area contributed by atoms with Crippen LogP contribution in [0, 0.1) is 6.92 Å². The summed E-state index contributed by atoms with van der Waals surface area (Å²) >= 11 is 0. The Morgan fingerprint density at radius 2 is 1.79 bits per heavy atom. The van der Waals surface area contributed by atoms with E-state index in [9.17, 15) is 14.7 Å². The van der Waals surface area contributed by atoms with Crippen molar-refractivity contribution in [3.05, 3.63) is 77.1 Å². The molecule has 2 fully saturated rings. The van der Waals surface area contributed by atoms with Gasteiger partial charge in [-0.25, -0.2) is 4.68 Å². The number of likely N-dealkylation sites (tertiary alicyclic amines) is 1. The number of methoxy groups -OCH3 is 2. The SMILES string of the molecule is COc1ccc(OC)c(C2/C(=C(\O)c3cnn(-c4ccccc4)c3C)C(=O)C(=O)N2CCN2CCOCC2)c1. The van der Waals surface area contributed by atoms with E-state index in [0.717, 1.165) is 18.8 Å². The van der Waals surface area contributed by atoms with Gasteiger partial charge in [0.25, 0.3) is 11.7 Å². The molecule has 2 aromatic carbocycles. The zero-order valence-electron chi connectivity index (χ0n) is 22.3. The Morgan fingerprint density at radius 1 is 1.05 bits per heavy atom. The second-order valence-corrected chi connectivity index (χ2v) is 9.45.